The first-order valence-corrected chi connectivity index (χ1v) is 8.30. The highest BCUT2D eigenvalue weighted by molar-refractivity contribution is 7.90. The standard InChI is InChI=1S/C14H20N2O4S/c1-11-6-5-9-16(10-11)21(19,20)15(2)13-8-4-3-7-12(13)14(17)18/h3-4,7-8,11H,5-6,9-10H2,1-2H3,(H,17,18). The van der Waals surface area contributed by atoms with Gasteiger partial charge in [0, 0.05) is 20.1 Å². The molecule has 0 spiro atoms. The Kier molecular flexibility index (Phi) is 4.53. The second kappa shape index (κ2) is 6.03. The van der Waals surface area contributed by atoms with Gasteiger partial charge in [0.1, 0.15) is 0 Å². The summed E-state index contributed by atoms with van der Waals surface area (Å²) in [7, 11) is -2.30. The minimum absolute atomic E-state index is 0.0198. The van der Waals surface area contributed by atoms with Crippen molar-refractivity contribution in [1.29, 1.82) is 0 Å². The summed E-state index contributed by atoms with van der Waals surface area (Å²) in [4.78, 5) is 11.2. The quantitative estimate of drug-likeness (QED) is 0.919. The van der Waals surface area contributed by atoms with E-state index in [-0.39, 0.29) is 11.3 Å². The predicted molar refractivity (Wildman–Crippen MR) is 80.7 cm³/mol. The number of carbonyl (C=O) groups is 1. The molecule has 21 heavy (non-hydrogen) atoms. The summed E-state index contributed by atoms with van der Waals surface area (Å²) in [6, 6.07) is 6.12. The van der Waals surface area contributed by atoms with Crippen molar-refractivity contribution >= 4 is 21.9 Å². The fraction of sp³-hybridized carbons (Fsp3) is 0.500. The Hall–Kier alpha value is -1.60. The van der Waals surface area contributed by atoms with E-state index in [2.05, 4.69) is 0 Å². The van der Waals surface area contributed by atoms with Crippen molar-refractivity contribution in [2.75, 3.05) is 24.4 Å². The van der Waals surface area contributed by atoms with Gasteiger partial charge in [-0.05, 0) is 30.9 Å². The van der Waals surface area contributed by atoms with E-state index in [0.29, 0.717) is 19.0 Å². The first-order chi connectivity index (χ1) is 9.84. The number of carboxylic acids is 1. The molecule has 1 aliphatic rings. The lowest BCUT2D eigenvalue weighted by Crippen LogP contribution is -2.46. The van der Waals surface area contributed by atoms with E-state index in [1.165, 1.54) is 23.5 Å². The van der Waals surface area contributed by atoms with Crippen molar-refractivity contribution in [3.05, 3.63) is 29.8 Å². The number of hydrogen-bond donors (Lipinski definition) is 1. The van der Waals surface area contributed by atoms with Crippen molar-refractivity contribution in [3.8, 4) is 0 Å². The Morgan fingerprint density at radius 2 is 2.05 bits per heavy atom. The van der Waals surface area contributed by atoms with Gasteiger partial charge in [-0.15, -0.1) is 0 Å². The minimum atomic E-state index is -3.70. The number of aromatic carboxylic acids is 1. The van der Waals surface area contributed by atoms with E-state index in [1.54, 1.807) is 12.1 Å². The van der Waals surface area contributed by atoms with Crippen LogP contribution in [0, 0.1) is 5.92 Å². The first-order valence-electron chi connectivity index (χ1n) is 6.90. The summed E-state index contributed by atoms with van der Waals surface area (Å²) in [5, 5.41) is 9.20. The third kappa shape index (κ3) is 3.19. The molecule has 0 aliphatic carbocycles. The summed E-state index contributed by atoms with van der Waals surface area (Å²) in [6.07, 6.45) is 1.84. The van der Waals surface area contributed by atoms with Gasteiger partial charge in [-0.2, -0.15) is 12.7 Å². The molecular formula is C14H20N2O4S. The number of piperidine rings is 1. The van der Waals surface area contributed by atoms with Gasteiger partial charge in [0.25, 0.3) is 0 Å². The van der Waals surface area contributed by atoms with Gasteiger partial charge in [-0.1, -0.05) is 19.1 Å². The van der Waals surface area contributed by atoms with E-state index in [0.717, 1.165) is 17.1 Å². The van der Waals surface area contributed by atoms with E-state index in [4.69, 9.17) is 0 Å². The SMILES string of the molecule is CC1CCCN(S(=O)(=O)N(C)c2ccccc2C(=O)O)C1. The lowest BCUT2D eigenvalue weighted by Gasteiger charge is -2.34. The van der Waals surface area contributed by atoms with Gasteiger partial charge in [0.2, 0.25) is 0 Å². The molecule has 7 heteroatoms. The molecule has 6 nitrogen and oxygen atoms in total. The summed E-state index contributed by atoms with van der Waals surface area (Å²) < 4.78 is 27.8. The molecule has 1 atom stereocenters. The summed E-state index contributed by atoms with van der Waals surface area (Å²) >= 11 is 0. The van der Waals surface area contributed by atoms with E-state index in [9.17, 15) is 18.3 Å². The van der Waals surface area contributed by atoms with E-state index >= 15 is 0 Å². The maximum atomic E-state index is 12.7. The van der Waals surface area contributed by atoms with Crippen LogP contribution in [0.15, 0.2) is 24.3 Å². The molecule has 1 N–H and O–H groups in total. The average molecular weight is 312 g/mol. The van der Waals surface area contributed by atoms with Gasteiger partial charge in [-0.25, -0.2) is 4.79 Å². The Balaban J connectivity index is 2.34. The van der Waals surface area contributed by atoms with Crippen LogP contribution in [0.2, 0.25) is 0 Å². The number of nitrogens with zero attached hydrogens (tertiary/aromatic N) is 2. The number of hydrogen-bond acceptors (Lipinski definition) is 3. The molecule has 1 aliphatic heterocycles. The molecule has 1 saturated heterocycles. The molecule has 1 heterocycles. The molecular weight excluding hydrogens is 292 g/mol. The average Bonchev–Trinajstić information content (AvgIpc) is 2.46. The highest BCUT2D eigenvalue weighted by Crippen LogP contribution is 2.26. The van der Waals surface area contributed by atoms with Crippen LogP contribution >= 0.6 is 0 Å². The van der Waals surface area contributed by atoms with Crippen LogP contribution in [0.3, 0.4) is 0 Å². The van der Waals surface area contributed by atoms with Gasteiger partial charge >= 0.3 is 16.2 Å². The number of carboxylic acid groups (broad SMARTS) is 1. The Bertz CT molecular complexity index is 630. The zero-order valence-corrected chi connectivity index (χ0v) is 13.0. The molecule has 1 aromatic carbocycles. The molecule has 0 saturated carbocycles. The molecule has 1 aromatic rings. The fourth-order valence-electron chi connectivity index (χ4n) is 2.58. The number of rotatable bonds is 4. The van der Waals surface area contributed by atoms with Crippen molar-refractivity contribution in [3.63, 3.8) is 0 Å². The van der Waals surface area contributed by atoms with Gasteiger partial charge in [0.15, 0.2) is 0 Å². The van der Waals surface area contributed by atoms with Crippen molar-refractivity contribution in [2.45, 2.75) is 19.8 Å². The minimum Gasteiger partial charge on any atom is -0.478 e. The predicted octanol–water partition coefficient (Wildman–Crippen LogP) is 1.80. The lowest BCUT2D eigenvalue weighted by atomic mass is 10.0. The molecule has 116 valence electrons. The van der Waals surface area contributed by atoms with Gasteiger partial charge < -0.3 is 5.11 Å². The van der Waals surface area contributed by atoms with Gasteiger partial charge in [-0.3, -0.25) is 4.31 Å². The largest absolute Gasteiger partial charge is 0.478 e. The topological polar surface area (TPSA) is 77.9 Å². The molecule has 0 radical (unpaired) electrons. The molecule has 1 unspecified atom stereocenters. The summed E-state index contributed by atoms with van der Waals surface area (Å²) in [6.45, 7) is 2.97. The number of benzene rings is 1. The molecule has 0 aromatic heterocycles. The lowest BCUT2D eigenvalue weighted by molar-refractivity contribution is 0.0698. The molecule has 2 rings (SSSR count). The fourth-order valence-corrected chi connectivity index (χ4v) is 4.14. The van der Waals surface area contributed by atoms with Crippen molar-refractivity contribution in [1.82, 2.24) is 4.31 Å². The Labute approximate surface area is 125 Å². The van der Waals surface area contributed by atoms with Crippen LogP contribution in [-0.4, -0.2) is 43.9 Å². The number of para-hydroxylation sites is 1. The monoisotopic (exact) mass is 312 g/mol. The van der Waals surface area contributed by atoms with Crippen LogP contribution in [0.4, 0.5) is 5.69 Å². The maximum absolute atomic E-state index is 12.7. The molecule has 0 bridgehead atoms. The van der Waals surface area contributed by atoms with Crippen LogP contribution in [-0.2, 0) is 10.2 Å². The zero-order valence-electron chi connectivity index (χ0n) is 12.2. The van der Waals surface area contributed by atoms with Crippen LogP contribution < -0.4 is 4.31 Å². The maximum Gasteiger partial charge on any atom is 0.337 e. The van der Waals surface area contributed by atoms with Crippen LogP contribution in [0.1, 0.15) is 30.1 Å². The van der Waals surface area contributed by atoms with Crippen LogP contribution in [0.25, 0.3) is 0 Å². The second-order valence-electron chi connectivity index (χ2n) is 5.40. The smallest absolute Gasteiger partial charge is 0.337 e. The van der Waals surface area contributed by atoms with Gasteiger partial charge in [0.05, 0.1) is 11.3 Å². The van der Waals surface area contributed by atoms with E-state index in [1.807, 2.05) is 6.92 Å². The second-order valence-corrected chi connectivity index (χ2v) is 7.36. The normalized spacial score (nSPS) is 20.2. The molecule has 0 amide bonds. The number of anilines is 1. The van der Waals surface area contributed by atoms with Crippen molar-refractivity contribution < 1.29 is 18.3 Å². The highest BCUT2D eigenvalue weighted by Gasteiger charge is 2.32. The third-order valence-corrected chi connectivity index (χ3v) is 5.64. The Morgan fingerprint density at radius 1 is 1.38 bits per heavy atom. The first kappa shape index (κ1) is 15.8. The molecule has 1 fully saturated rings. The van der Waals surface area contributed by atoms with Crippen LogP contribution in [0.5, 0.6) is 0 Å². The highest BCUT2D eigenvalue weighted by atomic mass is 32.2. The summed E-state index contributed by atoms with van der Waals surface area (Å²) in [5.41, 5.74) is 0.164. The third-order valence-electron chi connectivity index (χ3n) is 3.77. The zero-order chi connectivity index (χ0) is 15.6. The van der Waals surface area contributed by atoms with E-state index < -0.39 is 16.2 Å². The van der Waals surface area contributed by atoms with Crippen molar-refractivity contribution in [2.24, 2.45) is 5.92 Å². The Morgan fingerprint density at radius 3 is 2.67 bits per heavy atom. The summed E-state index contributed by atoms with van der Waals surface area (Å²) in [5.74, 6) is -0.823.